The van der Waals surface area contributed by atoms with Gasteiger partial charge in [-0.05, 0) is 37.0 Å². The van der Waals surface area contributed by atoms with Crippen molar-refractivity contribution in [1.29, 1.82) is 0 Å². The first kappa shape index (κ1) is 12.7. The van der Waals surface area contributed by atoms with Crippen molar-refractivity contribution >= 4 is 11.6 Å². The Balaban J connectivity index is 1.75. The van der Waals surface area contributed by atoms with Crippen LogP contribution in [-0.4, -0.2) is 12.5 Å². The molecule has 3 rings (SSSR count). The molecule has 104 valence electrons. The third kappa shape index (κ3) is 2.99. The minimum absolute atomic E-state index is 0.330. The normalized spacial score (nSPS) is 14.1. The van der Waals surface area contributed by atoms with Crippen LogP contribution in [0, 0.1) is 11.7 Å². The maximum Gasteiger partial charge on any atom is 0.259 e. The van der Waals surface area contributed by atoms with Gasteiger partial charge in [0.1, 0.15) is 17.8 Å². The molecule has 0 radical (unpaired) electrons. The monoisotopic (exact) mass is 275 g/mol. The molecule has 2 aromatic rings. The van der Waals surface area contributed by atoms with Crippen molar-refractivity contribution in [2.24, 2.45) is 5.92 Å². The van der Waals surface area contributed by atoms with Crippen LogP contribution in [0.3, 0.4) is 0 Å². The van der Waals surface area contributed by atoms with Gasteiger partial charge in [0.2, 0.25) is 0 Å². The smallest absolute Gasteiger partial charge is 0.259 e. The summed E-state index contributed by atoms with van der Waals surface area (Å²) in [5.74, 6) is 0.277. The molecule has 1 aliphatic rings. The van der Waals surface area contributed by atoms with Crippen molar-refractivity contribution < 1.29 is 18.3 Å². The minimum Gasteiger partial charge on any atom is -0.491 e. The molecule has 0 bridgehead atoms. The highest BCUT2D eigenvalue weighted by molar-refractivity contribution is 6.04. The summed E-state index contributed by atoms with van der Waals surface area (Å²) in [4.78, 5) is 11.9. The van der Waals surface area contributed by atoms with Gasteiger partial charge in [0.25, 0.3) is 5.91 Å². The minimum atomic E-state index is -0.425. The van der Waals surface area contributed by atoms with Crippen molar-refractivity contribution in [2.75, 3.05) is 11.9 Å². The highest BCUT2D eigenvalue weighted by Gasteiger charge is 2.22. The van der Waals surface area contributed by atoms with Crippen LogP contribution >= 0.6 is 0 Å². The predicted octanol–water partition coefficient (Wildman–Crippen LogP) is 3.46. The number of halogens is 1. The molecule has 1 heterocycles. The number of carbonyl (C=O) groups excluding carboxylic acids is 1. The fraction of sp³-hybridized carbons (Fsp3) is 0.267. The maximum absolute atomic E-state index is 13.3. The number of hydrogen-bond donors (Lipinski definition) is 1. The molecule has 1 aromatic carbocycles. The lowest BCUT2D eigenvalue weighted by atomic mass is 10.2. The van der Waals surface area contributed by atoms with E-state index in [0.29, 0.717) is 29.5 Å². The fourth-order valence-electron chi connectivity index (χ4n) is 1.81. The largest absolute Gasteiger partial charge is 0.491 e. The van der Waals surface area contributed by atoms with E-state index >= 15 is 0 Å². The molecule has 1 fully saturated rings. The van der Waals surface area contributed by atoms with Crippen LogP contribution in [0.15, 0.2) is 41.2 Å². The molecule has 0 aliphatic heterocycles. The van der Waals surface area contributed by atoms with E-state index in [4.69, 9.17) is 9.15 Å². The molecule has 1 aliphatic carbocycles. The summed E-state index contributed by atoms with van der Waals surface area (Å²) in [7, 11) is 0. The Labute approximate surface area is 115 Å². The van der Waals surface area contributed by atoms with E-state index < -0.39 is 5.82 Å². The van der Waals surface area contributed by atoms with Crippen LogP contribution < -0.4 is 10.1 Å². The van der Waals surface area contributed by atoms with E-state index in [-0.39, 0.29) is 5.91 Å². The molecule has 1 aromatic heterocycles. The number of ether oxygens (including phenoxy) is 1. The lowest BCUT2D eigenvalue weighted by Gasteiger charge is -2.12. The number of amides is 1. The quantitative estimate of drug-likeness (QED) is 0.909. The van der Waals surface area contributed by atoms with Gasteiger partial charge in [-0.25, -0.2) is 4.39 Å². The third-order valence-electron chi connectivity index (χ3n) is 3.14. The van der Waals surface area contributed by atoms with Gasteiger partial charge in [-0.3, -0.25) is 4.79 Å². The topological polar surface area (TPSA) is 51.5 Å². The lowest BCUT2D eigenvalue weighted by molar-refractivity contribution is 0.102. The fourth-order valence-corrected chi connectivity index (χ4v) is 1.81. The molecule has 20 heavy (non-hydrogen) atoms. The standard InChI is InChI=1S/C15H14FNO3/c16-12-3-4-14(20-8-10-1-2-10)13(7-12)17-15(18)11-5-6-19-9-11/h3-7,9-10H,1-2,8H2,(H,17,18). The van der Waals surface area contributed by atoms with Crippen molar-refractivity contribution in [2.45, 2.75) is 12.8 Å². The first-order chi connectivity index (χ1) is 9.72. The molecule has 5 heteroatoms. The zero-order valence-electron chi connectivity index (χ0n) is 10.8. The SMILES string of the molecule is O=C(Nc1cc(F)ccc1OCC1CC1)c1ccoc1. The summed E-state index contributed by atoms with van der Waals surface area (Å²) in [5.41, 5.74) is 0.708. The number of benzene rings is 1. The summed E-state index contributed by atoms with van der Waals surface area (Å²) >= 11 is 0. The van der Waals surface area contributed by atoms with Crippen molar-refractivity contribution in [3.63, 3.8) is 0 Å². The summed E-state index contributed by atoms with van der Waals surface area (Å²) in [6, 6.07) is 5.64. The van der Waals surface area contributed by atoms with E-state index in [1.54, 1.807) is 6.07 Å². The van der Waals surface area contributed by atoms with Gasteiger partial charge in [0, 0.05) is 6.07 Å². The first-order valence-electron chi connectivity index (χ1n) is 6.48. The third-order valence-corrected chi connectivity index (χ3v) is 3.14. The van der Waals surface area contributed by atoms with Crippen LogP contribution in [-0.2, 0) is 0 Å². The number of furan rings is 1. The van der Waals surface area contributed by atoms with Crippen LogP contribution in [0.25, 0.3) is 0 Å². The molecule has 0 unspecified atom stereocenters. The number of hydrogen-bond acceptors (Lipinski definition) is 3. The Morgan fingerprint density at radius 2 is 2.25 bits per heavy atom. The van der Waals surface area contributed by atoms with Crippen LogP contribution in [0.2, 0.25) is 0 Å². The van der Waals surface area contributed by atoms with Crippen molar-refractivity contribution in [1.82, 2.24) is 0 Å². The Hall–Kier alpha value is -2.30. The molecule has 0 spiro atoms. The zero-order chi connectivity index (χ0) is 13.9. The van der Waals surface area contributed by atoms with Crippen LogP contribution in [0.5, 0.6) is 5.75 Å². The molecule has 0 atom stereocenters. The number of carbonyl (C=O) groups is 1. The number of anilines is 1. The second kappa shape index (κ2) is 5.36. The summed E-state index contributed by atoms with van der Waals surface area (Å²) in [6.45, 7) is 0.597. The van der Waals surface area contributed by atoms with Crippen LogP contribution in [0.4, 0.5) is 10.1 Å². The van der Waals surface area contributed by atoms with Gasteiger partial charge in [-0.15, -0.1) is 0 Å². The Morgan fingerprint density at radius 3 is 2.95 bits per heavy atom. The molecular weight excluding hydrogens is 261 g/mol. The molecule has 0 saturated heterocycles. The number of nitrogens with one attached hydrogen (secondary N) is 1. The van der Waals surface area contributed by atoms with Crippen molar-refractivity contribution in [3.8, 4) is 5.75 Å². The molecule has 1 N–H and O–H groups in total. The average Bonchev–Trinajstić information content (AvgIpc) is 3.09. The molecule has 4 nitrogen and oxygen atoms in total. The summed E-state index contributed by atoms with van der Waals surface area (Å²) in [6.07, 6.45) is 5.07. The maximum atomic E-state index is 13.3. The van der Waals surface area contributed by atoms with E-state index in [9.17, 15) is 9.18 Å². The van der Waals surface area contributed by atoms with Gasteiger partial charge in [-0.2, -0.15) is 0 Å². The van der Waals surface area contributed by atoms with E-state index in [1.165, 1.54) is 30.7 Å². The highest BCUT2D eigenvalue weighted by atomic mass is 19.1. The predicted molar refractivity (Wildman–Crippen MR) is 71.3 cm³/mol. The van der Waals surface area contributed by atoms with E-state index in [1.807, 2.05) is 0 Å². The Bertz CT molecular complexity index is 606. The van der Waals surface area contributed by atoms with Gasteiger partial charge in [0.15, 0.2) is 0 Å². The van der Waals surface area contributed by atoms with Crippen molar-refractivity contribution in [3.05, 3.63) is 48.2 Å². The Morgan fingerprint density at radius 1 is 1.40 bits per heavy atom. The number of rotatable bonds is 5. The van der Waals surface area contributed by atoms with Gasteiger partial charge >= 0.3 is 0 Å². The zero-order valence-corrected chi connectivity index (χ0v) is 10.8. The first-order valence-corrected chi connectivity index (χ1v) is 6.48. The van der Waals surface area contributed by atoms with E-state index in [0.717, 1.165) is 12.8 Å². The lowest BCUT2D eigenvalue weighted by Crippen LogP contribution is -2.12. The average molecular weight is 275 g/mol. The van der Waals surface area contributed by atoms with E-state index in [2.05, 4.69) is 5.32 Å². The molecule has 1 amide bonds. The van der Waals surface area contributed by atoms with Gasteiger partial charge in [-0.1, -0.05) is 0 Å². The van der Waals surface area contributed by atoms with Gasteiger partial charge in [0.05, 0.1) is 24.1 Å². The van der Waals surface area contributed by atoms with Gasteiger partial charge < -0.3 is 14.5 Å². The summed E-state index contributed by atoms with van der Waals surface area (Å²) < 4.78 is 23.8. The molecule has 1 saturated carbocycles. The molecular formula is C15H14FNO3. The second-order valence-electron chi connectivity index (χ2n) is 4.86. The van der Waals surface area contributed by atoms with Crippen LogP contribution in [0.1, 0.15) is 23.2 Å². The Kier molecular flexibility index (Phi) is 3.41. The summed E-state index contributed by atoms with van der Waals surface area (Å²) in [5, 5.41) is 2.63. The second-order valence-corrected chi connectivity index (χ2v) is 4.86. The highest BCUT2D eigenvalue weighted by Crippen LogP contribution is 2.32.